The Kier molecular flexibility index (Phi) is 10.2. The van der Waals surface area contributed by atoms with Gasteiger partial charge in [0.05, 0.1) is 22.6 Å². The number of phenols is 2. The van der Waals surface area contributed by atoms with Gasteiger partial charge >= 0.3 is 5.97 Å². The zero-order chi connectivity index (χ0) is 34.4. The van der Waals surface area contributed by atoms with Crippen molar-refractivity contribution in [1.29, 1.82) is 0 Å². The lowest BCUT2D eigenvalue weighted by Gasteiger charge is -2.14. The maximum Gasteiger partial charge on any atom is 0.337 e. The lowest BCUT2D eigenvalue weighted by atomic mass is 10.2. The quantitative estimate of drug-likeness (QED) is 0.140. The van der Waals surface area contributed by atoms with Gasteiger partial charge in [-0.25, -0.2) is 30.7 Å². The first-order chi connectivity index (χ1) is 22.2. The molecule has 6 N–H and O–H groups in total. The third-order valence-electron chi connectivity index (χ3n) is 6.33. The van der Waals surface area contributed by atoms with E-state index in [9.17, 15) is 41.1 Å². The number of nitrogens with zero attached hydrogens (tertiary/aromatic N) is 1. The first kappa shape index (κ1) is 34.1. The van der Waals surface area contributed by atoms with Crippen LogP contribution in [0.3, 0.4) is 0 Å². The SMILES string of the molecule is O=C(CN1C(=O)c2ccccc2S1(=O)=O)Nc1ccc(O)cc1.O=C(CNS(=O)(=O)c1ccccc1C(=O)O)Nc1ccc(O)cc1. The van der Waals surface area contributed by atoms with Crippen molar-refractivity contribution in [1.82, 2.24) is 9.03 Å². The second kappa shape index (κ2) is 14.1. The summed E-state index contributed by atoms with van der Waals surface area (Å²) in [7, 11) is -8.17. The fourth-order valence-corrected chi connectivity index (χ4v) is 6.83. The number of hydrogen-bond acceptors (Lipinski definition) is 10. The summed E-state index contributed by atoms with van der Waals surface area (Å²) in [6.07, 6.45) is 0. The van der Waals surface area contributed by atoms with E-state index in [1.807, 2.05) is 4.72 Å². The highest BCUT2D eigenvalue weighted by Gasteiger charge is 2.41. The number of phenolic OH excluding ortho intramolecular Hbond substituents is 2. The Morgan fingerprint density at radius 2 is 1.23 bits per heavy atom. The number of nitrogens with one attached hydrogen (secondary N) is 3. The Balaban J connectivity index is 0.000000213. The van der Waals surface area contributed by atoms with Crippen LogP contribution >= 0.6 is 0 Å². The first-order valence-corrected chi connectivity index (χ1v) is 16.3. The monoisotopic (exact) mass is 682 g/mol. The summed E-state index contributed by atoms with van der Waals surface area (Å²) in [6, 6.07) is 22.2. The summed E-state index contributed by atoms with van der Waals surface area (Å²) in [6.45, 7) is -1.19. The van der Waals surface area contributed by atoms with Gasteiger partial charge < -0.3 is 26.0 Å². The predicted octanol–water partition coefficient (Wildman–Crippen LogP) is 2.18. The van der Waals surface area contributed by atoms with Crippen molar-refractivity contribution in [3.63, 3.8) is 0 Å². The zero-order valence-electron chi connectivity index (χ0n) is 24.0. The van der Waals surface area contributed by atoms with Crippen LogP contribution in [-0.4, -0.2) is 73.2 Å². The smallest absolute Gasteiger partial charge is 0.337 e. The van der Waals surface area contributed by atoms with Gasteiger partial charge in [-0.05, 0) is 72.8 Å². The zero-order valence-corrected chi connectivity index (χ0v) is 25.7. The van der Waals surface area contributed by atoms with Gasteiger partial charge in [0.25, 0.3) is 15.9 Å². The van der Waals surface area contributed by atoms with Crippen LogP contribution in [0.2, 0.25) is 0 Å². The summed E-state index contributed by atoms with van der Waals surface area (Å²) in [5, 5.41) is 32.3. The van der Waals surface area contributed by atoms with E-state index in [1.54, 1.807) is 6.07 Å². The Morgan fingerprint density at radius 1 is 0.723 bits per heavy atom. The summed E-state index contributed by atoms with van der Waals surface area (Å²) >= 11 is 0. The van der Waals surface area contributed by atoms with Crippen molar-refractivity contribution >= 4 is 55.1 Å². The minimum atomic E-state index is -4.16. The number of carboxylic acids is 1. The van der Waals surface area contributed by atoms with Crippen molar-refractivity contribution in [3.8, 4) is 11.5 Å². The molecule has 0 aromatic heterocycles. The van der Waals surface area contributed by atoms with Gasteiger partial charge in [-0.3, -0.25) is 14.4 Å². The van der Waals surface area contributed by atoms with Gasteiger partial charge in [0.1, 0.15) is 22.9 Å². The number of anilines is 2. The van der Waals surface area contributed by atoms with Crippen LogP contribution < -0.4 is 15.4 Å². The molecule has 0 unspecified atom stereocenters. The average molecular weight is 683 g/mol. The minimum Gasteiger partial charge on any atom is -0.508 e. The molecule has 0 bridgehead atoms. The molecule has 0 radical (unpaired) electrons. The number of carboxylic acid groups (broad SMARTS) is 1. The van der Waals surface area contributed by atoms with Crippen molar-refractivity contribution in [2.75, 3.05) is 23.7 Å². The van der Waals surface area contributed by atoms with E-state index in [4.69, 9.17) is 10.2 Å². The van der Waals surface area contributed by atoms with Crippen LogP contribution in [0.1, 0.15) is 20.7 Å². The van der Waals surface area contributed by atoms with Crippen LogP contribution in [0.25, 0.3) is 0 Å². The number of benzene rings is 4. The van der Waals surface area contributed by atoms with Gasteiger partial charge in [0, 0.05) is 11.4 Å². The highest BCUT2D eigenvalue weighted by molar-refractivity contribution is 7.90. The number of hydrogen-bond donors (Lipinski definition) is 6. The predicted molar refractivity (Wildman–Crippen MR) is 167 cm³/mol. The number of carbonyl (C=O) groups is 4. The van der Waals surface area contributed by atoms with Crippen LogP contribution in [0.4, 0.5) is 11.4 Å². The molecule has 3 amide bonds. The third-order valence-corrected chi connectivity index (χ3v) is 9.58. The number of amides is 3. The lowest BCUT2D eigenvalue weighted by Crippen LogP contribution is -2.37. The van der Waals surface area contributed by atoms with Gasteiger partial charge in [0.15, 0.2) is 0 Å². The third kappa shape index (κ3) is 8.28. The van der Waals surface area contributed by atoms with E-state index in [1.165, 1.54) is 78.9 Å². The molecule has 0 aliphatic carbocycles. The number of aromatic hydroxyl groups is 2. The average Bonchev–Trinajstić information content (AvgIpc) is 3.23. The van der Waals surface area contributed by atoms with Gasteiger partial charge in [-0.2, -0.15) is 0 Å². The van der Waals surface area contributed by atoms with E-state index in [-0.39, 0.29) is 27.5 Å². The van der Waals surface area contributed by atoms with E-state index in [0.717, 1.165) is 12.1 Å². The molecular weight excluding hydrogens is 656 g/mol. The number of sulfonamides is 2. The number of fused-ring (bicyclic) bond motifs is 1. The summed E-state index contributed by atoms with van der Waals surface area (Å²) in [4.78, 5) is 46.5. The minimum absolute atomic E-state index is 0.0268. The van der Waals surface area contributed by atoms with Crippen molar-refractivity contribution < 1.29 is 51.3 Å². The molecule has 5 rings (SSSR count). The van der Waals surface area contributed by atoms with Gasteiger partial charge in [-0.15, -0.1) is 0 Å². The van der Waals surface area contributed by atoms with E-state index >= 15 is 0 Å². The summed E-state index contributed by atoms with van der Waals surface area (Å²) < 4.78 is 51.6. The number of carbonyl (C=O) groups excluding carboxylic acids is 3. The molecule has 47 heavy (non-hydrogen) atoms. The maximum atomic E-state index is 12.3. The molecule has 0 saturated carbocycles. The standard InChI is InChI=1S/C15H14N2O6S.C15H12N2O5S/c18-11-7-5-10(6-8-11)17-14(19)9-16-24(22,23)13-4-2-1-3-12(13)15(20)21;18-11-7-5-10(6-8-11)16-14(19)9-17-15(20)12-3-1-2-4-13(12)23(17,21)22/h1-8,16,18H,9H2,(H,17,19)(H,20,21);1-8,18H,9H2,(H,16,19). The summed E-state index contributed by atoms with van der Waals surface area (Å²) in [5.41, 5.74) is 0.436. The highest BCUT2D eigenvalue weighted by Crippen LogP contribution is 2.29. The second-order valence-corrected chi connectivity index (χ2v) is 13.2. The lowest BCUT2D eigenvalue weighted by molar-refractivity contribution is -0.116. The molecule has 4 aromatic rings. The molecule has 1 aliphatic rings. The molecule has 0 atom stereocenters. The normalized spacial score (nSPS) is 13.1. The Hall–Kier alpha value is -5.78. The molecule has 0 spiro atoms. The van der Waals surface area contributed by atoms with Crippen LogP contribution in [0.5, 0.6) is 11.5 Å². The molecule has 0 fully saturated rings. The molecule has 17 heteroatoms. The van der Waals surface area contributed by atoms with E-state index < -0.39 is 61.7 Å². The topological polar surface area (TPSA) is 237 Å². The van der Waals surface area contributed by atoms with Crippen molar-refractivity contribution in [2.24, 2.45) is 0 Å². The van der Waals surface area contributed by atoms with Gasteiger partial charge in [-0.1, -0.05) is 24.3 Å². The first-order valence-electron chi connectivity index (χ1n) is 13.3. The highest BCUT2D eigenvalue weighted by atomic mass is 32.2. The molecule has 1 aliphatic heterocycles. The van der Waals surface area contributed by atoms with Crippen LogP contribution in [-0.2, 0) is 29.6 Å². The number of rotatable bonds is 9. The molecule has 244 valence electrons. The Bertz CT molecular complexity index is 2050. The molecule has 1 heterocycles. The molecular formula is C30H26N4O11S2. The van der Waals surface area contributed by atoms with Gasteiger partial charge in [0.2, 0.25) is 21.8 Å². The molecule has 4 aromatic carbocycles. The summed E-state index contributed by atoms with van der Waals surface area (Å²) in [5.74, 6) is -3.34. The maximum absolute atomic E-state index is 12.3. The molecule has 0 saturated heterocycles. The van der Waals surface area contributed by atoms with Crippen molar-refractivity contribution in [2.45, 2.75) is 9.79 Å². The number of aromatic carboxylic acids is 1. The van der Waals surface area contributed by atoms with E-state index in [0.29, 0.717) is 15.7 Å². The second-order valence-electron chi connectivity index (χ2n) is 9.63. The Labute approximate surface area is 268 Å². The largest absolute Gasteiger partial charge is 0.508 e. The van der Waals surface area contributed by atoms with Crippen LogP contribution in [0.15, 0.2) is 107 Å². The van der Waals surface area contributed by atoms with Crippen molar-refractivity contribution in [3.05, 3.63) is 108 Å². The fourth-order valence-electron chi connectivity index (χ4n) is 4.13. The van der Waals surface area contributed by atoms with E-state index in [2.05, 4.69) is 10.6 Å². The Morgan fingerprint density at radius 3 is 1.79 bits per heavy atom. The molecule has 15 nitrogen and oxygen atoms in total. The fraction of sp³-hybridized carbons (Fsp3) is 0.0667. The van der Waals surface area contributed by atoms with Crippen LogP contribution in [0, 0.1) is 0 Å².